The zero-order valence-electron chi connectivity index (χ0n) is 11.7. The Balaban J connectivity index is 1.39. The van der Waals surface area contributed by atoms with Gasteiger partial charge in [-0.1, -0.05) is 12.5 Å². The van der Waals surface area contributed by atoms with Gasteiger partial charge in [0, 0.05) is 19.0 Å². The van der Waals surface area contributed by atoms with Crippen LogP contribution in [0.2, 0.25) is 0 Å². The summed E-state index contributed by atoms with van der Waals surface area (Å²) in [6, 6.07) is 7.33. The zero-order valence-corrected chi connectivity index (χ0v) is 11.7. The highest BCUT2D eigenvalue weighted by atomic mass is 16.5. The number of benzene rings is 1. The fraction of sp³-hybridized carbons (Fsp3) is 0.625. The molecule has 2 atom stereocenters. The van der Waals surface area contributed by atoms with Gasteiger partial charge in [-0.25, -0.2) is 0 Å². The number of fused-ring (bicyclic) bond motifs is 1. The monoisotopic (exact) mass is 275 g/mol. The van der Waals surface area contributed by atoms with E-state index < -0.39 is 0 Å². The maximum absolute atomic E-state index is 5.99. The first-order chi connectivity index (χ1) is 9.92. The van der Waals surface area contributed by atoms with Crippen LogP contribution in [0, 0.1) is 0 Å². The first-order valence-corrected chi connectivity index (χ1v) is 7.69. The molecule has 0 aromatic heterocycles. The number of ether oxygens (including phenoxy) is 3. The van der Waals surface area contributed by atoms with E-state index in [-0.39, 0.29) is 0 Å². The van der Waals surface area contributed by atoms with Crippen LogP contribution in [0.4, 0.5) is 0 Å². The largest absolute Gasteiger partial charge is 0.489 e. The van der Waals surface area contributed by atoms with Gasteiger partial charge in [0.05, 0.1) is 19.3 Å². The highest BCUT2D eigenvalue weighted by Gasteiger charge is 2.42. The molecule has 4 nitrogen and oxygen atoms in total. The lowest BCUT2D eigenvalue weighted by molar-refractivity contribution is 0.210. The molecule has 3 aliphatic rings. The van der Waals surface area contributed by atoms with E-state index in [2.05, 4.69) is 4.90 Å². The molecule has 4 rings (SSSR count). The number of nitrogens with zero attached hydrogens (tertiary/aromatic N) is 1. The van der Waals surface area contributed by atoms with Crippen molar-refractivity contribution in [1.29, 1.82) is 0 Å². The van der Waals surface area contributed by atoms with Crippen LogP contribution >= 0.6 is 0 Å². The Labute approximate surface area is 119 Å². The van der Waals surface area contributed by atoms with E-state index in [0.717, 1.165) is 36.3 Å². The molecule has 4 heteroatoms. The molecule has 1 saturated heterocycles. The van der Waals surface area contributed by atoms with Crippen molar-refractivity contribution in [3.63, 3.8) is 0 Å². The van der Waals surface area contributed by atoms with Crippen molar-refractivity contribution in [3.8, 4) is 17.2 Å². The van der Waals surface area contributed by atoms with Gasteiger partial charge in [-0.05, 0) is 25.0 Å². The van der Waals surface area contributed by atoms with Gasteiger partial charge in [0.15, 0.2) is 11.5 Å². The van der Waals surface area contributed by atoms with E-state index in [9.17, 15) is 0 Å². The molecule has 2 unspecified atom stereocenters. The Kier molecular flexibility index (Phi) is 3.19. The predicted molar refractivity (Wildman–Crippen MR) is 75.7 cm³/mol. The molecule has 1 aromatic carbocycles. The van der Waals surface area contributed by atoms with Gasteiger partial charge in [0.25, 0.3) is 0 Å². The summed E-state index contributed by atoms with van der Waals surface area (Å²) in [4.78, 5) is 2.56. The van der Waals surface area contributed by atoms with E-state index >= 15 is 0 Å². The fourth-order valence-electron chi connectivity index (χ4n) is 2.98. The summed E-state index contributed by atoms with van der Waals surface area (Å²) in [5.41, 5.74) is 0. The second-order valence-corrected chi connectivity index (χ2v) is 5.88. The van der Waals surface area contributed by atoms with Gasteiger partial charge in [-0.2, -0.15) is 0 Å². The van der Waals surface area contributed by atoms with Crippen molar-refractivity contribution in [3.05, 3.63) is 18.2 Å². The van der Waals surface area contributed by atoms with Gasteiger partial charge in [0.2, 0.25) is 5.75 Å². The van der Waals surface area contributed by atoms with E-state index in [0.29, 0.717) is 19.3 Å². The highest BCUT2D eigenvalue weighted by molar-refractivity contribution is 5.51. The fourth-order valence-corrected chi connectivity index (χ4v) is 2.98. The van der Waals surface area contributed by atoms with Crippen LogP contribution in [0.15, 0.2) is 18.2 Å². The lowest BCUT2D eigenvalue weighted by Crippen LogP contribution is -2.29. The SMILES string of the molecule is c1cc2c(c(OCC3CN3C3CCC3)c1)OCCCO2. The van der Waals surface area contributed by atoms with Crippen LogP contribution in [0.1, 0.15) is 25.7 Å². The van der Waals surface area contributed by atoms with Crippen LogP contribution in [0.3, 0.4) is 0 Å². The summed E-state index contributed by atoms with van der Waals surface area (Å²) in [5, 5.41) is 0. The molecule has 1 saturated carbocycles. The van der Waals surface area contributed by atoms with Crippen molar-refractivity contribution in [2.75, 3.05) is 26.4 Å². The molecular formula is C16H21NO3. The van der Waals surface area contributed by atoms with Crippen LogP contribution < -0.4 is 14.2 Å². The molecule has 1 aromatic rings. The molecule has 1 aliphatic carbocycles. The minimum atomic E-state index is 0.600. The summed E-state index contributed by atoms with van der Waals surface area (Å²) >= 11 is 0. The second-order valence-electron chi connectivity index (χ2n) is 5.88. The van der Waals surface area contributed by atoms with Gasteiger partial charge < -0.3 is 14.2 Å². The van der Waals surface area contributed by atoms with Crippen molar-refractivity contribution in [2.24, 2.45) is 0 Å². The van der Waals surface area contributed by atoms with E-state index in [1.54, 1.807) is 0 Å². The Morgan fingerprint density at radius 2 is 2.05 bits per heavy atom. The Morgan fingerprint density at radius 3 is 2.90 bits per heavy atom. The third kappa shape index (κ3) is 2.33. The lowest BCUT2D eigenvalue weighted by atomic mass is 9.93. The van der Waals surface area contributed by atoms with Gasteiger partial charge in [0.1, 0.15) is 6.61 Å². The smallest absolute Gasteiger partial charge is 0.203 e. The maximum Gasteiger partial charge on any atom is 0.203 e. The van der Waals surface area contributed by atoms with Crippen molar-refractivity contribution in [1.82, 2.24) is 4.90 Å². The predicted octanol–water partition coefficient (Wildman–Crippen LogP) is 2.46. The Hall–Kier alpha value is -1.42. The average molecular weight is 275 g/mol. The second kappa shape index (κ2) is 5.17. The first-order valence-electron chi connectivity index (χ1n) is 7.69. The number of para-hydroxylation sites is 1. The van der Waals surface area contributed by atoms with Gasteiger partial charge in [-0.3, -0.25) is 4.90 Å². The summed E-state index contributed by atoms with van der Waals surface area (Å²) in [5.74, 6) is 2.41. The van der Waals surface area contributed by atoms with Crippen LogP contribution in [-0.4, -0.2) is 43.3 Å². The third-order valence-electron chi connectivity index (χ3n) is 4.47. The standard InChI is InChI=1S/C16H21NO3/c1-4-12(5-1)17-10-13(17)11-20-15-7-2-6-14-16(15)19-9-3-8-18-14/h2,6-7,12-13H,1,3-5,8-11H2. The third-order valence-corrected chi connectivity index (χ3v) is 4.47. The highest BCUT2D eigenvalue weighted by Crippen LogP contribution is 2.39. The van der Waals surface area contributed by atoms with Gasteiger partial charge in [-0.15, -0.1) is 0 Å². The summed E-state index contributed by atoms with van der Waals surface area (Å²) in [6.45, 7) is 3.37. The first kappa shape index (κ1) is 12.3. The van der Waals surface area contributed by atoms with E-state index in [4.69, 9.17) is 14.2 Å². The van der Waals surface area contributed by atoms with Crippen molar-refractivity contribution in [2.45, 2.75) is 37.8 Å². The molecule has 0 N–H and O–H groups in total. The molecule has 2 aliphatic heterocycles. The van der Waals surface area contributed by atoms with Crippen LogP contribution in [0.5, 0.6) is 17.2 Å². The summed E-state index contributed by atoms with van der Waals surface area (Å²) in [6.07, 6.45) is 5.06. The summed E-state index contributed by atoms with van der Waals surface area (Å²) < 4.78 is 17.4. The molecule has 2 fully saturated rings. The van der Waals surface area contributed by atoms with E-state index in [1.807, 2.05) is 18.2 Å². The molecule has 20 heavy (non-hydrogen) atoms. The molecule has 0 amide bonds. The Bertz CT molecular complexity index is 487. The molecule has 0 radical (unpaired) electrons. The maximum atomic E-state index is 5.99. The number of hydrogen-bond acceptors (Lipinski definition) is 4. The lowest BCUT2D eigenvalue weighted by Gasteiger charge is -2.27. The molecule has 0 bridgehead atoms. The summed E-state index contributed by atoms with van der Waals surface area (Å²) in [7, 11) is 0. The van der Waals surface area contributed by atoms with Crippen molar-refractivity contribution < 1.29 is 14.2 Å². The van der Waals surface area contributed by atoms with Crippen LogP contribution in [0.25, 0.3) is 0 Å². The van der Waals surface area contributed by atoms with E-state index in [1.165, 1.54) is 25.8 Å². The minimum Gasteiger partial charge on any atom is -0.489 e. The van der Waals surface area contributed by atoms with Gasteiger partial charge >= 0.3 is 0 Å². The number of hydrogen-bond donors (Lipinski definition) is 0. The zero-order chi connectivity index (χ0) is 13.4. The van der Waals surface area contributed by atoms with Crippen molar-refractivity contribution >= 4 is 0 Å². The minimum absolute atomic E-state index is 0.600. The molecule has 2 heterocycles. The number of rotatable bonds is 4. The normalized spacial score (nSPS) is 28.4. The quantitative estimate of drug-likeness (QED) is 0.790. The Morgan fingerprint density at radius 1 is 1.15 bits per heavy atom. The molecule has 0 spiro atoms. The van der Waals surface area contributed by atoms with Crippen LogP contribution in [-0.2, 0) is 0 Å². The topological polar surface area (TPSA) is 30.7 Å². The average Bonchev–Trinajstić information content (AvgIpc) is 3.17. The molecular weight excluding hydrogens is 254 g/mol. The molecule has 108 valence electrons.